The molecule has 5 rings (SSSR count). The number of aromatic hydroxyl groups is 1. The molecule has 0 aliphatic carbocycles. The number of imide groups is 1. The lowest BCUT2D eigenvalue weighted by Gasteiger charge is -2.44. The fourth-order valence-corrected chi connectivity index (χ4v) is 8.37. The molecule has 3 amide bonds. The van der Waals surface area contributed by atoms with Gasteiger partial charge in [-0.2, -0.15) is 8.42 Å². The van der Waals surface area contributed by atoms with Crippen molar-refractivity contribution in [1.29, 1.82) is 0 Å². The summed E-state index contributed by atoms with van der Waals surface area (Å²) in [5.74, 6) is 0.896. The summed E-state index contributed by atoms with van der Waals surface area (Å²) in [6, 6.07) is 17.5. The molecule has 2 heterocycles. The number of hydrogen-bond donors (Lipinski definition) is 3. The fourth-order valence-electron chi connectivity index (χ4n) is 6.25. The third-order valence-corrected chi connectivity index (χ3v) is 11.5. The van der Waals surface area contributed by atoms with Crippen molar-refractivity contribution < 1.29 is 41.3 Å². The van der Waals surface area contributed by atoms with Gasteiger partial charge in [0.2, 0.25) is 5.91 Å². The van der Waals surface area contributed by atoms with Crippen LogP contribution in [-0.4, -0.2) is 81.3 Å². The van der Waals surface area contributed by atoms with Crippen molar-refractivity contribution in [3.63, 3.8) is 0 Å². The molecule has 0 radical (unpaired) electrons. The second-order valence-electron chi connectivity index (χ2n) is 12.8. The second kappa shape index (κ2) is 15.5. The summed E-state index contributed by atoms with van der Waals surface area (Å²) in [6.07, 6.45) is 1.53. The van der Waals surface area contributed by atoms with Crippen molar-refractivity contribution in [2.24, 2.45) is 5.73 Å². The van der Waals surface area contributed by atoms with Crippen molar-refractivity contribution in [3.8, 4) is 23.0 Å². The summed E-state index contributed by atoms with van der Waals surface area (Å²) in [6.45, 7) is 3.76. The van der Waals surface area contributed by atoms with Gasteiger partial charge in [-0.15, -0.1) is 11.3 Å². The predicted molar refractivity (Wildman–Crippen MR) is 191 cm³/mol. The molecule has 0 bridgehead atoms. The van der Waals surface area contributed by atoms with Crippen LogP contribution in [0.5, 0.6) is 23.0 Å². The quantitative estimate of drug-likeness (QED) is 0.131. The first-order chi connectivity index (χ1) is 23.8. The number of hydrogen-bond acceptors (Lipinski definition) is 10. The molecule has 1 aliphatic heterocycles. The number of rotatable bonds is 12. The Morgan fingerprint density at radius 3 is 2.34 bits per heavy atom. The molecule has 1 aliphatic rings. The minimum absolute atomic E-state index is 0.0772. The fraction of sp³-hybridized carbons (Fsp3) is 0.333. The Kier molecular flexibility index (Phi) is 11.4. The van der Waals surface area contributed by atoms with Gasteiger partial charge in [0.25, 0.3) is 0 Å². The number of methoxy groups -OCH3 is 2. The van der Waals surface area contributed by atoms with E-state index in [1.165, 1.54) is 47.4 Å². The molecule has 4 aromatic rings. The smallest absolute Gasteiger partial charge is 0.348 e. The highest BCUT2D eigenvalue weighted by Crippen LogP contribution is 2.31. The highest BCUT2D eigenvalue weighted by molar-refractivity contribution is 7.89. The van der Waals surface area contributed by atoms with Crippen LogP contribution in [0.15, 0.2) is 82.4 Å². The minimum Gasteiger partial charge on any atom is -0.508 e. The SMILES string of the molecule is COc1ccc(C[N+]2(C)CCC[C@H](N(C(=O)Nc3ccc(OS(=O)(=O)c4cc(C)cs4)cc3)C(=O)[C@@H](N)Cc3ccc(O)cc3)C2)cc1OC. The Balaban J connectivity index is 1.36. The summed E-state index contributed by atoms with van der Waals surface area (Å²) in [5, 5.41) is 14.2. The number of ether oxygens (including phenoxy) is 2. The van der Waals surface area contributed by atoms with Crippen LogP contribution in [0.25, 0.3) is 0 Å². The van der Waals surface area contributed by atoms with E-state index in [-0.39, 0.29) is 22.1 Å². The molecule has 4 N–H and O–H groups in total. The first-order valence-corrected chi connectivity index (χ1v) is 18.4. The van der Waals surface area contributed by atoms with Crippen LogP contribution >= 0.6 is 11.3 Å². The van der Waals surface area contributed by atoms with E-state index in [1.807, 2.05) is 18.2 Å². The number of amides is 3. The first kappa shape index (κ1) is 36.6. The first-order valence-electron chi connectivity index (χ1n) is 16.1. The summed E-state index contributed by atoms with van der Waals surface area (Å²) >= 11 is 1.07. The number of quaternary nitrogens is 1. The number of likely N-dealkylation sites (N-methyl/N-ethyl adjacent to an activating group) is 1. The zero-order chi connectivity index (χ0) is 36.1. The van der Waals surface area contributed by atoms with Gasteiger partial charge in [-0.25, -0.2) is 4.79 Å². The molecular formula is C36H43N4O8S2+. The van der Waals surface area contributed by atoms with E-state index in [0.29, 0.717) is 41.2 Å². The normalized spacial score (nSPS) is 18.1. The van der Waals surface area contributed by atoms with Gasteiger partial charge in [-0.3, -0.25) is 9.69 Å². The maximum Gasteiger partial charge on any atom is 0.348 e. The van der Waals surface area contributed by atoms with Crippen LogP contribution in [0.3, 0.4) is 0 Å². The van der Waals surface area contributed by atoms with Gasteiger partial charge < -0.3 is 34.3 Å². The number of nitrogens with one attached hydrogen (secondary N) is 1. The lowest BCUT2D eigenvalue weighted by molar-refractivity contribution is -0.928. The summed E-state index contributed by atoms with van der Waals surface area (Å²) in [7, 11) is 1.27. The lowest BCUT2D eigenvalue weighted by atomic mass is 9.98. The van der Waals surface area contributed by atoms with Crippen LogP contribution in [0.1, 0.15) is 29.5 Å². The van der Waals surface area contributed by atoms with Gasteiger partial charge in [0.15, 0.2) is 15.7 Å². The molecule has 12 nitrogen and oxygen atoms in total. The van der Waals surface area contributed by atoms with Gasteiger partial charge in [0.05, 0.1) is 39.9 Å². The van der Waals surface area contributed by atoms with E-state index in [9.17, 15) is 23.1 Å². The van der Waals surface area contributed by atoms with E-state index >= 15 is 0 Å². The number of thiophene rings is 1. The molecule has 3 aromatic carbocycles. The molecule has 3 atom stereocenters. The summed E-state index contributed by atoms with van der Waals surface area (Å²) in [4.78, 5) is 29.3. The van der Waals surface area contributed by atoms with Crippen LogP contribution in [0.4, 0.5) is 10.5 Å². The van der Waals surface area contributed by atoms with E-state index in [1.54, 1.807) is 38.7 Å². The average Bonchev–Trinajstić information content (AvgIpc) is 3.53. The molecule has 1 saturated heterocycles. The van der Waals surface area contributed by atoms with Crippen molar-refractivity contribution in [2.75, 3.05) is 39.7 Å². The monoisotopic (exact) mass is 723 g/mol. The average molecular weight is 724 g/mol. The lowest BCUT2D eigenvalue weighted by Crippen LogP contribution is -2.62. The van der Waals surface area contributed by atoms with E-state index < -0.39 is 34.1 Å². The molecule has 50 heavy (non-hydrogen) atoms. The Bertz CT molecular complexity index is 1910. The Morgan fingerprint density at radius 1 is 1.02 bits per heavy atom. The third kappa shape index (κ3) is 8.93. The predicted octanol–water partition coefficient (Wildman–Crippen LogP) is 5.29. The van der Waals surface area contributed by atoms with Gasteiger partial charge in [0.1, 0.15) is 24.6 Å². The molecule has 1 fully saturated rings. The summed E-state index contributed by atoms with van der Waals surface area (Å²) < 4.78 is 42.2. The van der Waals surface area contributed by atoms with Crippen LogP contribution in [0.2, 0.25) is 0 Å². The number of nitrogens with zero attached hydrogens (tertiary/aromatic N) is 2. The molecule has 14 heteroatoms. The molecule has 1 aromatic heterocycles. The van der Waals surface area contributed by atoms with Gasteiger partial charge in [0, 0.05) is 11.3 Å². The van der Waals surface area contributed by atoms with E-state index in [0.717, 1.165) is 41.0 Å². The molecule has 1 unspecified atom stereocenters. The number of urea groups is 1. The van der Waals surface area contributed by atoms with Crippen molar-refractivity contribution in [1.82, 2.24) is 4.90 Å². The highest BCUT2D eigenvalue weighted by Gasteiger charge is 2.41. The topological polar surface area (TPSA) is 157 Å². The van der Waals surface area contributed by atoms with Gasteiger partial charge in [-0.1, -0.05) is 12.1 Å². The highest BCUT2D eigenvalue weighted by atomic mass is 32.3. The second-order valence-corrected chi connectivity index (χ2v) is 15.5. The van der Waals surface area contributed by atoms with Gasteiger partial charge in [-0.05, 0) is 103 Å². The number of piperidine rings is 1. The van der Waals surface area contributed by atoms with Crippen LogP contribution in [0, 0.1) is 6.92 Å². The number of likely N-dealkylation sites (tertiary alicyclic amines) is 1. The largest absolute Gasteiger partial charge is 0.508 e. The molecule has 0 saturated carbocycles. The Morgan fingerprint density at radius 2 is 1.70 bits per heavy atom. The number of benzene rings is 3. The standard InChI is InChI=1S/C36H42N4O8S2/c1-24-18-34(49-23-24)50(44,45)48-30-14-10-27(11-15-30)38-36(43)39(35(42)31(37)19-25-7-12-29(41)13-8-25)28-6-5-17-40(2,22-28)21-26-9-16-32(46-3)33(20-26)47-4/h7-16,18,20,23,28,31H,5-6,17,19,21-22,37H2,1-4H3,(H-,38,41,43)/p+1/t28-,31-,40?/m0/s1. The van der Waals surface area contributed by atoms with E-state index in [2.05, 4.69) is 12.4 Å². The van der Waals surface area contributed by atoms with Crippen LogP contribution in [-0.2, 0) is 27.9 Å². The number of aryl methyl sites for hydroxylation is 1. The number of phenolic OH excluding ortho intramolecular Hbond substituents is 1. The number of carbonyl (C=O) groups is 2. The van der Waals surface area contributed by atoms with Gasteiger partial charge >= 0.3 is 16.1 Å². The molecular weight excluding hydrogens is 681 g/mol. The number of phenols is 1. The number of anilines is 1. The van der Waals surface area contributed by atoms with E-state index in [4.69, 9.17) is 19.4 Å². The van der Waals surface area contributed by atoms with Crippen molar-refractivity contribution in [3.05, 3.63) is 94.9 Å². The maximum absolute atomic E-state index is 14.1. The zero-order valence-corrected chi connectivity index (χ0v) is 30.1. The zero-order valence-electron chi connectivity index (χ0n) is 28.5. The Labute approximate surface area is 296 Å². The minimum atomic E-state index is -4.01. The van der Waals surface area contributed by atoms with Crippen LogP contribution < -0.4 is 24.7 Å². The number of carbonyl (C=O) groups excluding carboxylic acids is 2. The van der Waals surface area contributed by atoms with Crippen molar-refractivity contribution >= 4 is 39.1 Å². The Hall–Kier alpha value is -4.63. The third-order valence-electron chi connectivity index (χ3n) is 8.69. The molecule has 0 spiro atoms. The van der Waals surface area contributed by atoms with Crippen molar-refractivity contribution in [2.45, 2.75) is 49.0 Å². The summed E-state index contributed by atoms with van der Waals surface area (Å²) in [5.41, 5.74) is 9.39. The maximum atomic E-state index is 14.1. The number of nitrogens with two attached hydrogens (primary N) is 1. The molecule has 266 valence electrons.